The highest BCUT2D eigenvalue weighted by atomic mass is 16.6. The number of hydrogen-bond acceptors (Lipinski definition) is 5. The number of carbonyl (C=O) groups excluding carboxylic acids is 1. The summed E-state index contributed by atoms with van der Waals surface area (Å²) < 4.78 is 16.4. The van der Waals surface area contributed by atoms with Gasteiger partial charge in [0, 0.05) is 36.9 Å². The average molecular weight is 446 g/mol. The molecule has 5 nitrogen and oxygen atoms in total. The molecule has 33 heavy (non-hydrogen) atoms. The molecule has 0 saturated carbocycles. The molecule has 0 radical (unpaired) electrons. The monoisotopic (exact) mass is 445 g/mol. The molecule has 1 aliphatic rings. The van der Waals surface area contributed by atoms with Crippen LogP contribution >= 0.6 is 0 Å². The summed E-state index contributed by atoms with van der Waals surface area (Å²) in [6.45, 7) is 3.06. The van der Waals surface area contributed by atoms with Crippen LogP contribution in [0.15, 0.2) is 78.9 Å². The Labute approximate surface area is 195 Å². The van der Waals surface area contributed by atoms with E-state index in [0.29, 0.717) is 19.1 Å². The Hall–Kier alpha value is -3.31. The van der Waals surface area contributed by atoms with Crippen molar-refractivity contribution in [1.82, 2.24) is 0 Å². The maximum absolute atomic E-state index is 11.4. The van der Waals surface area contributed by atoms with Crippen molar-refractivity contribution in [1.29, 1.82) is 0 Å². The quantitative estimate of drug-likeness (QED) is 0.312. The Bertz CT molecular complexity index is 983. The van der Waals surface area contributed by atoms with Gasteiger partial charge in [0.05, 0.1) is 13.7 Å². The number of rotatable bonds is 11. The van der Waals surface area contributed by atoms with Gasteiger partial charge < -0.3 is 19.1 Å². The van der Waals surface area contributed by atoms with E-state index in [1.165, 1.54) is 18.2 Å². The Balaban J connectivity index is 1.29. The molecule has 3 aromatic rings. The van der Waals surface area contributed by atoms with Crippen molar-refractivity contribution in [2.75, 3.05) is 44.9 Å². The highest BCUT2D eigenvalue weighted by Gasteiger charge is 2.22. The van der Waals surface area contributed by atoms with Crippen molar-refractivity contribution >= 4 is 11.7 Å². The molecule has 0 bridgehead atoms. The van der Waals surface area contributed by atoms with Gasteiger partial charge in [0.2, 0.25) is 0 Å². The van der Waals surface area contributed by atoms with Gasteiger partial charge in [-0.05, 0) is 36.1 Å². The lowest BCUT2D eigenvalue weighted by molar-refractivity contribution is -0.142. The van der Waals surface area contributed by atoms with E-state index in [4.69, 9.17) is 9.47 Å². The van der Waals surface area contributed by atoms with E-state index in [0.717, 1.165) is 42.9 Å². The summed E-state index contributed by atoms with van der Waals surface area (Å²) in [6.07, 6.45) is 1.84. The third-order valence-electron chi connectivity index (χ3n) is 6.11. The lowest BCUT2D eigenvalue weighted by Gasteiger charge is -2.21. The minimum Gasteiger partial charge on any atom is -0.482 e. The van der Waals surface area contributed by atoms with Crippen LogP contribution in [0.4, 0.5) is 5.69 Å². The zero-order valence-corrected chi connectivity index (χ0v) is 19.1. The number of methoxy groups -OCH3 is 1. The van der Waals surface area contributed by atoms with E-state index in [1.54, 1.807) is 0 Å². The standard InChI is InChI=1S/C28H31NO4/c1-31-28(30)21-33-27-14-8-13-26-25(27)15-17-29(26)18-20-32-19-16-24(22-9-4-2-5-10-22)23-11-6-3-7-12-23/h2-14,24H,15-21H2,1H3. The van der Waals surface area contributed by atoms with Crippen molar-refractivity contribution in [3.8, 4) is 5.75 Å². The van der Waals surface area contributed by atoms with Crippen LogP contribution in [0.1, 0.15) is 29.0 Å². The fraction of sp³-hybridized carbons (Fsp3) is 0.321. The third kappa shape index (κ3) is 5.93. The molecule has 3 aromatic carbocycles. The molecule has 1 aliphatic heterocycles. The van der Waals surface area contributed by atoms with Gasteiger partial charge in [-0.2, -0.15) is 0 Å². The molecule has 0 saturated heterocycles. The maximum Gasteiger partial charge on any atom is 0.343 e. The summed E-state index contributed by atoms with van der Waals surface area (Å²) in [5.41, 5.74) is 4.95. The van der Waals surface area contributed by atoms with Gasteiger partial charge in [0.25, 0.3) is 0 Å². The molecule has 0 atom stereocenters. The van der Waals surface area contributed by atoms with Crippen molar-refractivity contribution in [3.05, 3.63) is 95.6 Å². The molecular weight excluding hydrogens is 414 g/mol. The maximum atomic E-state index is 11.4. The van der Waals surface area contributed by atoms with Gasteiger partial charge in [0.15, 0.2) is 6.61 Å². The highest BCUT2D eigenvalue weighted by molar-refractivity contribution is 5.71. The molecule has 0 spiro atoms. The summed E-state index contributed by atoms with van der Waals surface area (Å²) in [7, 11) is 1.37. The van der Waals surface area contributed by atoms with Gasteiger partial charge in [0.1, 0.15) is 5.75 Å². The molecular formula is C28H31NO4. The molecule has 172 valence electrons. The molecule has 0 fully saturated rings. The molecule has 0 aliphatic carbocycles. The third-order valence-corrected chi connectivity index (χ3v) is 6.11. The average Bonchev–Trinajstić information content (AvgIpc) is 3.29. The summed E-state index contributed by atoms with van der Waals surface area (Å²) in [6, 6.07) is 27.3. The molecule has 0 amide bonds. The molecule has 0 N–H and O–H groups in total. The van der Waals surface area contributed by atoms with E-state index in [1.807, 2.05) is 12.1 Å². The second-order valence-corrected chi connectivity index (χ2v) is 8.13. The topological polar surface area (TPSA) is 48.0 Å². The van der Waals surface area contributed by atoms with Crippen molar-refractivity contribution in [3.63, 3.8) is 0 Å². The first-order valence-corrected chi connectivity index (χ1v) is 11.5. The first-order valence-electron chi connectivity index (χ1n) is 11.5. The van der Waals surface area contributed by atoms with Crippen LogP contribution in [-0.4, -0.2) is 46.0 Å². The summed E-state index contributed by atoms with van der Waals surface area (Å²) in [4.78, 5) is 13.7. The molecule has 4 rings (SSSR count). The summed E-state index contributed by atoms with van der Waals surface area (Å²) in [5, 5.41) is 0. The van der Waals surface area contributed by atoms with Crippen LogP contribution in [-0.2, 0) is 20.7 Å². The van der Waals surface area contributed by atoms with E-state index in [9.17, 15) is 4.79 Å². The second-order valence-electron chi connectivity index (χ2n) is 8.13. The smallest absolute Gasteiger partial charge is 0.343 e. The van der Waals surface area contributed by atoms with Crippen molar-refractivity contribution in [2.45, 2.75) is 18.8 Å². The zero-order valence-electron chi connectivity index (χ0n) is 19.1. The summed E-state index contributed by atoms with van der Waals surface area (Å²) >= 11 is 0. The SMILES string of the molecule is COC(=O)COc1cccc2c1CCN2CCOCCC(c1ccccc1)c1ccccc1. The normalized spacial score (nSPS) is 12.6. The number of nitrogens with zero attached hydrogens (tertiary/aromatic N) is 1. The number of ether oxygens (including phenoxy) is 3. The molecule has 5 heteroatoms. The van der Waals surface area contributed by atoms with Gasteiger partial charge >= 0.3 is 5.97 Å². The number of hydrogen-bond donors (Lipinski definition) is 0. The lowest BCUT2D eigenvalue weighted by Crippen LogP contribution is -2.25. The summed E-state index contributed by atoms with van der Waals surface area (Å²) in [5.74, 6) is 0.712. The van der Waals surface area contributed by atoms with Crippen LogP contribution in [0.3, 0.4) is 0 Å². The van der Waals surface area contributed by atoms with Crippen LogP contribution in [0.2, 0.25) is 0 Å². The number of fused-ring (bicyclic) bond motifs is 1. The van der Waals surface area contributed by atoms with Gasteiger partial charge in [-0.15, -0.1) is 0 Å². The first-order chi connectivity index (χ1) is 16.3. The van der Waals surface area contributed by atoms with Crippen molar-refractivity contribution < 1.29 is 19.0 Å². The van der Waals surface area contributed by atoms with E-state index in [-0.39, 0.29) is 12.6 Å². The molecule has 0 unspecified atom stereocenters. The van der Waals surface area contributed by atoms with Crippen LogP contribution in [0, 0.1) is 0 Å². The fourth-order valence-corrected chi connectivity index (χ4v) is 4.41. The van der Waals surface area contributed by atoms with Crippen LogP contribution < -0.4 is 9.64 Å². The van der Waals surface area contributed by atoms with Gasteiger partial charge in [-0.25, -0.2) is 4.79 Å². The van der Waals surface area contributed by atoms with Gasteiger partial charge in [-0.3, -0.25) is 0 Å². The second kappa shape index (κ2) is 11.5. The minimum absolute atomic E-state index is 0.0694. The Morgan fingerprint density at radius 1 is 0.909 bits per heavy atom. The largest absolute Gasteiger partial charge is 0.482 e. The zero-order chi connectivity index (χ0) is 22.9. The van der Waals surface area contributed by atoms with E-state index >= 15 is 0 Å². The number of carbonyl (C=O) groups is 1. The Kier molecular flexibility index (Phi) is 7.99. The van der Waals surface area contributed by atoms with E-state index in [2.05, 4.69) is 76.4 Å². The fourth-order valence-electron chi connectivity index (χ4n) is 4.41. The van der Waals surface area contributed by atoms with Crippen LogP contribution in [0.5, 0.6) is 5.75 Å². The van der Waals surface area contributed by atoms with E-state index < -0.39 is 0 Å². The number of esters is 1. The Morgan fingerprint density at radius 3 is 2.27 bits per heavy atom. The molecule has 0 aromatic heterocycles. The Morgan fingerprint density at radius 2 is 1.61 bits per heavy atom. The minimum atomic E-state index is -0.375. The first kappa shape index (κ1) is 22.9. The lowest BCUT2D eigenvalue weighted by atomic mass is 9.89. The highest BCUT2D eigenvalue weighted by Crippen LogP contribution is 2.35. The number of benzene rings is 3. The van der Waals surface area contributed by atoms with Crippen LogP contribution in [0.25, 0.3) is 0 Å². The molecule has 1 heterocycles. The van der Waals surface area contributed by atoms with Crippen molar-refractivity contribution in [2.24, 2.45) is 0 Å². The number of anilines is 1. The predicted molar refractivity (Wildman–Crippen MR) is 130 cm³/mol. The van der Waals surface area contributed by atoms with Gasteiger partial charge in [-0.1, -0.05) is 66.7 Å². The predicted octanol–water partition coefficient (Wildman–Crippen LogP) is 4.84.